The monoisotopic (exact) mass is 307 g/mol. The Morgan fingerprint density at radius 1 is 0.786 bits per heavy atom. The fourth-order valence-electron chi connectivity index (χ4n) is 1.83. The first-order chi connectivity index (χ1) is 6.85. The van der Waals surface area contributed by atoms with Crippen LogP contribution in [0.3, 0.4) is 0 Å². The predicted octanol–water partition coefficient (Wildman–Crippen LogP) is 3.19. The second-order valence-electron chi connectivity index (χ2n) is 4.15. The van der Waals surface area contributed by atoms with E-state index in [1.807, 2.05) is 0 Å². The molecule has 0 aromatic rings. The third-order valence-corrected chi connectivity index (χ3v) is 9.66. The zero-order valence-corrected chi connectivity index (χ0v) is 14.6. The Balaban J connectivity index is 3.04. The molecule has 0 aliphatic heterocycles. The summed E-state index contributed by atoms with van der Waals surface area (Å²) in [5, 5.41) is 0. The van der Waals surface area contributed by atoms with Crippen molar-refractivity contribution >= 4 is 21.4 Å². The maximum absolute atomic E-state index is 2.73. The third-order valence-electron chi connectivity index (χ3n) is 2.97. The zero-order chi connectivity index (χ0) is 10.6. The van der Waals surface area contributed by atoms with Gasteiger partial charge in [0.15, 0.2) is 0 Å². The number of nitrogens with zero attached hydrogens (tertiary/aromatic N) is 1. The van der Waals surface area contributed by atoms with E-state index >= 15 is 0 Å². The average molecular weight is 306 g/mol. The molecule has 0 amide bonds. The average Bonchev–Trinajstić information content (AvgIpc) is 2.22. The van der Waals surface area contributed by atoms with Gasteiger partial charge in [-0.25, -0.2) is 0 Å². The molecule has 14 heavy (non-hydrogen) atoms. The fraction of sp³-hybridized carbons (Fsp3) is 1.00. The summed E-state index contributed by atoms with van der Waals surface area (Å²) in [4.78, 5) is 0. The van der Waals surface area contributed by atoms with Crippen LogP contribution in [-0.4, -0.2) is 37.6 Å². The summed E-state index contributed by atoms with van der Waals surface area (Å²) in [7, 11) is 0. The number of rotatable bonds is 10. The van der Waals surface area contributed by atoms with Crippen molar-refractivity contribution in [3.05, 3.63) is 0 Å². The molecule has 0 bridgehead atoms. The molecule has 2 heteroatoms. The first kappa shape index (κ1) is 14.8. The van der Waals surface area contributed by atoms with E-state index in [-0.39, 0.29) is 0 Å². The van der Waals surface area contributed by atoms with Crippen LogP contribution in [0, 0.1) is 0 Å². The molecule has 0 rings (SSSR count). The maximum atomic E-state index is 2.73. The molecular weight excluding hydrogens is 277 g/mol. The Bertz CT molecular complexity index is 102. The molecule has 0 fully saturated rings. The molecule has 86 valence electrons. The second-order valence-corrected chi connectivity index (χ2v) is 10.00. The van der Waals surface area contributed by atoms with E-state index in [0.717, 1.165) is 0 Å². The van der Waals surface area contributed by atoms with Gasteiger partial charge < -0.3 is 0 Å². The Labute approximate surface area is 101 Å². The molecule has 1 nitrogen and oxygen atoms in total. The summed E-state index contributed by atoms with van der Waals surface area (Å²) in [6.07, 6.45) is 8.79. The van der Waals surface area contributed by atoms with Crippen molar-refractivity contribution in [2.45, 2.75) is 63.7 Å². The Morgan fingerprint density at radius 2 is 1.36 bits per heavy atom. The van der Waals surface area contributed by atoms with Crippen LogP contribution in [0.4, 0.5) is 0 Å². The molecule has 0 atom stereocenters. The molecule has 0 N–H and O–H groups in total. The van der Waals surface area contributed by atoms with E-state index in [4.69, 9.17) is 0 Å². The number of hydrogen-bond acceptors (Lipinski definition) is 1. The van der Waals surface area contributed by atoms with Gasteiger partial charge in [-0.05, 0) is 0 Å². The third kappa shape index (κ3) is 9.32. The van der Waals surface area contributed by atoms with Gasteiger partial charge in [0.2, 0.25) is 0 Å². The van der Waals surface area contributed by atoms with Crippen molar-refractivity contribution in [3.8, 4) is 0 Å². The van der Waals surface area contributed by atoms with Crippen LogP contribution >= 0.6 is 0 Å². The molecule has 0 unspecified atom stereocenters. The summed E-state index contributed by atoms with van der Waals surface area (Å²) < 4.78 is 4.34. The Hall–Kier alpha value is 0.759. The van der Waals surface area contributed by atoms with Crippen molar-refractivity contribution in [2.24, 2.45) is 0 Å². The van der Waals surface area contributed by atoms with E-state index in [2.05, 4.69) is 23.9 Å². The second kappa shape index (κ2) is 11.8. The van der Waals surface area contributed by atoms with Gasteiger partial charge in [0.1, 0.15) is 0 Å². The van der Waals surface area contributed by atoms with Crippen molar-refractivity contribution in [3.63, 3.8) is 0 Å². The van der Waals surface area contributed by atoms with Gasteiger partial charge in [0.05, 0.1) is 0 Å². The molecule has 0 aliphatic carbocycles. The zero-order valence-electron chi connectivity index (χ0n) is 10.5. The van der Waals surface area contributed by atoms with Crippen LogP contribution in [0.2, 0.25) is 4.44 Å². The minimum atomic E-state index is -0.489. The predicted molar refractivity (Wildman–Crippen MR) is 69.6 cm³/mol. The molecule has 0 radical (unpaired) electrons. The van der Waals surface area contributed by atoms with Crippen molar-refractivity contribution in [1.29, 1.82) is 0 Å². The molecule has 0 spiro atoms. The molecular formula is C12H29NSn. The first-order valence-electron chi connectivity index (χ1n) is 6.57. The SMILES string of the molecule is CCCCCCC[CH2][SnH2][N](CC)CC. The van der Waals surface area contributed by atoms with Crippen molar-refractivity contribution in [2.75, 3.05) is 13.1 Å². The van der Waals surface area contributed by atoms with Crippen molar-refractivity contribution in [1.82, 2.24) is 3.12 Å². The van der Waals surface area contributed by atoms with Crippen molar-refractivity contribution < 1.29 is 0 Å². The van der Waals surface area contributed by atoms with Gasteiger partial charge in [-0.15, -0.1) is 0 Å². The molecule has 0 saturated carbocycles. The van der Waals surface area contributed by atoms with E-state index in [1.54, 1.807) is 4.44 Å². The molecule has 0 aromatic carbocycles. The van der Waals surface area contributed by atoms with E-state index in [9.17, 15) is 0 Å². The van der Waals surface area contributed by atoms with Gasteiger partial charge in [0, 0.05) is 0 Å². The molecule has 0 aliphatic rings. The van der Waals surface area contributed by atoms with E-state index in [0.29, 0.717) is 0 Å². The first-order valence-corrected chi connectivity index (χ1v) is 11.2. The quantitative estimate of drug-likeness (QED) is 0.442. The van der Waals surface area contributed by atoms with Gasteiger partial charge in [-0.3, -0.25) is 0 Å². The summed E-state index contributed by atoms with van der Waals surface area (Å²) in [5.74, 6) is 0. The van der Waals surface area contributed by atoms with Crippen LogP contribution < -0.4 is 0 Å². The summed E-state index contributed by atoms with van der Waals surface area (Å²) >= 11 is -0.489. The normalized spacial score (nSPS) is 12.0. The topological polar surface area (TPSA) is 3.24 Å². The summed E-state index contributed by atoms with van der Waals surface area (Å²) in [6.45, 7) is 9.52. The summed E-state index contributed by atoms with van der Waals surface area (Å²) in [6, 6.07) is 0. The standard InChI is InChI=1S/C8H17.C4H10N.Sn.2H/c1-3-5-7-8-6-4-2;1-3-5-4-2;;;/h1,3-8H2,2H3;3-4H2,1-2H3;;;/q;-1;+1;;. The van der Waals surface area contributed by atoms with Gasteiger partial charge >= 0.3 is 101 Å². The Morgan fingerprint density at radius 3 is 1.93 bits per heavy atom. The van der Waals surface area contributed by atoms with Crippen LogP contribution in [0.5, 0.6) is 0 Å². The van der Waals surface area contributed by atoms with E-state index in [1.165, 1.54) is 51.6 Å². The van der Waals surface area contributed by atoms with Gasteiger partial charge in [-0.1, -0.05) is 0 Å². The molecule has 0 aromatic heterocycles. The fourth-order valence-corrected chi connectivity index (χ4v) is 6.56. The molecule has 0 saturated heterocycles. The number of hydrogen-bond donors (Lipinski definition) is 0. The Kier molecular flexibility index (Phi) is 12.5. The van der Waals surface area contributed by atoms with Gasteiger partial charge in [0.25, 0.3) is 0 Å². The minimum absolute atomic E-state index is 0.489. The summed E-state index contributed by atoms with van der Waals surface area (Å²) in [5.41, 5.74) is 0. The van der Waals surface area contributed by atoms with Crippen LogP contribution in [0.25, 0.3) is 0 Å². The van der Waals surface area contributed by atoms with E-state index < -0.39 is 21.4 Å². The van der Waals surface area contributed by atoms with Gasteiger partial charge in [-0.2, -0.15) is 0 Å². The number of unbranched alkanes of at least 4 members (excludes halogenated alkanes) is 5. The van der Waals surface area contributed by atoms with Crippen LogP contribution in [-0.2, 0) is 0 Å². The molecule has 0 heterocycles. The van der Waals surface area contributed by atoms with Crippen LogP contribution in [0.1, 0.15) is 59.3 Å². The van der Waals surface area contributed by atoms with Crippen LogP contribution in [0.15, 0.2) is 0 Å².